The van der Waals surface area contributed by atoms with Crippen LogP contribution < -0.4 is 5.32 Å². The lowest BCUT2D eigenvalue weighted by Gasteiger charge is -2.08. The Bertz CT molecular complexity index is 491. The summed E-state index contributed by atoms with van der Waals surface area (Å²) in [6.07, 6.45) is 5.38. The van der Waals surface area contributed by atoms with Gasteiger partial charge in [-0.25, -0.2) is 0 Å². The molecule has 2 rings (SSSR count). The number of aryl methyl sites for hydroxylation is 1. The van der Waals surface area contributed by atoms with E-state index in [0.29, 0.717) is 17.4 Å². The van der Waals surface area contributed by atoms with Gasteiger partial charge in [-0.15, -0.1) is 0 Å². The molecule has 1 amide bonds. The second-order valence-electron chi connectivity index (χ2n) is 3.67. The molecule has 1 aromatic heterocycles. The first-order valence-electron chi connectivity index (χ1n) is 5.52. The molecule has 5 nitrogen and oxygen atoms in total. The van der Waals surface area contributed by atoms with Crippen molar-refractivity contribution < 1.29 is 4.79 Å². The van der Waals surface area contributed by atoms with E-state index in [-0.39, 0.29) is 5.91 Å². The van der Waals surface area contributed by atoms with Crippen molar-refractivity contribution in [1.29, 1.82) is 0 Å². The Hall–Kier alpha value is -1.69. The molecule has 17 heavy (non-hydrogen) atoms. The molecule has 1 N–H and O–H groups in total. The van der Waals surface area contributed by atoms with Crippen molar-refractivity contribution >= 4 is 29.3 Å². The SMILES string of the molecule is CCN1C(=O)C(=Cc2cnn(CC)c2)NC1=S. The van der Waals surface area contributed by atoms with Crippen LogP contribution in [0.25, 0.3) is 6.08 Å². The van der Waals surface area contributed by atoms with Crippen LogP contribution in [0.2, 0.25) is 0 Å². The first-order valence-corrected chi connectivity index (χ1v) is 5.93. The average Bonchev–Trinajstić information content (AvgIpc) is 2.86. The van der Waals surface area contributed by atoms with Crippen molar-refractivity contribution in [2.45, 2.75) is 20.4 Å². The van der Waals surface area contributed by atoms with Crippen LogP contribution >= 0.6 is 12.2 Å². The summed E-state index contributed by atoms with van der Waals surface area (Å²) in [4.78, 5) is 13.4. The fraction of sp³-hybridized carbons (Fsp3) is 0.364. The van der Waals surface area contributed by atoms with E-state index in [1.54, 1.807) is 12.3 Å². The lowest BCUT2D eigenvalue weighted by atomic mass is 10.3. The lowest BCUT2D eigenvalue weighted by molar-refractivity contribution is -0.122. The predicted molar refractivity (Wildman–Crippen MR) is 69.0 cm³/mol. The molecule has 90 valence electrons. The topological polar surface area (TPSA) is 50.2 Å². The Morgan fingerprint density at radius 1 is 1.47 bits per heavy atom. The molecule has 0 radical (unpaired) electrons. The minimum Gasteiger partial charge on any atom is -0.328 e. The monoisotopic (exact) mass is 250 g/mol. The summed E-state index contributed by atoms with van der Waals surface area (Å²) in [7, 11) is 0. The molecule has 0 saturated carbocycles. The zero-order valence-electron chi connectivity index (χ0n) is 9.80. The molecule has 1 fully saturated rings. The van der Waals surface area contributed by atoms with Gasteiger partial charge in [-0.1, -0.05) is 0 Å². The number of amides is 1. The zero-order valence-corrected chi connectivity index (χ0v) is 10.6. The van der Waals surface area contributed by atoms with Gasteiger partial charge in [0.25, 0.3) is 5.91 Å². The van der Waals surface area contributed by atoms with Gasteiger partial charge in [0.05, 0.1) is 6.20 Å². The number of nitrogens with zero attached hydrogens (tertiary/aromatic N) is 3. The van der Waals surface area contributed by atoms with Gasteiger partial charge in [0.1, 0.15) is 5.70 Å². The van der Waals surface area contributed by atoms with E-state index >= 15 is 0 Å². The number of carbonyl (C=O) groups is 1. The number of hydrogen-bond donors (Lipinski definition) is 1. The molecule has 1 saturated heterocycles. The molecule has 0 atom stereocenters. The highest BCUT2D eigenvalue weighted by atomic mass is 32.1. The molecule has 1 aromatic rings. The fourth-order valence-electron chi connectivity index (χ4n) is 1.65. The summed E-state index contributed by atoms with van der Waals surface area (Å²) in [6, 6.07) is 0. The molecule has 6 heteroatoms. The Balaban J connectivity index is 2.23. The van der Waals surface area contributed by atoms with Crippen molar-refractivity contribution in [1.82, 2.24) is 20.0 Å². The highest BCUT2D eigenvalue weighted by Crippen LogP contribution is 2.13. The van der Waals surface area contributed by atoms with Crippen molar-refractivity contribution in [3.05, 3.63) is 23.7 Å². The largest absolute Gasteiger partial charge is 0.328 e. The van der Waals surface area contributed by atoms with Crippen LogP contribution in [-0.4, -0.2) is 32.2 Å². The molecule has 1 aliphatic rings. The van der Waals surface area contributed by atoms with Crippen molar-refractivity contribution in [3.63, 3.8) is 0 Å². The molecule has 2 heterocycles. The molecule has 0 aliphatic carbocycles. The van der Waals surface area contributed by atoms with Crippen LogP contribution in [0, 0.1) is 0 Å². The Kier molecular flexibility index (Phi) is 3.23. The van der Waals surface area contributed by atoms with Crippen LogP contribution in [-0.2, 0) is 11.3 Å². The quantitative estimate of drug-likeness (QED) is 0.642. The molecule has 0 aromatic carbocycles. The second kappa shape index (κ2) is 4.67. The first kappa shape index (κ1) is 11.8. The number of hydrogen-bond acceptors (Lipinski definition) is 3. The van der Waals surface area contributed by atoms with E-state index in [1.165, 1.54) is 4.90 Å². The summed E-state index contributed by atoms with van der Waals surface area (Å²) in [6.45, 7) is 5.29. The molecular weight excluding hydrogens is 236 g/mol. The third-order valence-electron chi connectivity index (χ3n) is 2.57. The van der Waals surface area contributed by atoms with Gasteiger partial charge in [-0.2, -0.15) is 5.10 Å². The summed E-state index contributed by atoms with van der Waals surface area (Å²) in [5.74, 6) is -0.0817. The van der Waals surface area contributed by atoms with Gasteiger partial charge in [-0.3, -0.25) is 14.4 Å². The Morgan fingerprint density at radius 3 is 2.76 bits per heavy atom. The molecule has 0 bridgehead atoms. The van der Waals surface area contributed by atoms with Crippen molar-refractivity contribution in [2.75, 3.05) is 6.54 Å². The molecule has 0 unspecified atom stereocenters. The molecule has 0 spiro atoms. The van der Waals surface area contributed by atoms with Crippen LogP contribution in [0.15, 0.2) is 18.1 Å². The summed E-state index contributed by atoms with van der Waals surface area (Å²) < 4.78 is 1.81. The minimum absolute atomic E-state index is 0.0817. The Labute approximate surface area is 105 Å². The average molecular weight is 250 g/mol. The number of nitrogens with one attached hydrogen (secondary N) is 1. The van der Waals surface area contributed by atoms with E-state index < -0.39 is 0 Å². The van der Waals surface area contributed by atoms with E-state index in [1.807, 2.05) is 24.7 Å². The van der Waals surface area contributed by atoms with Crippen LogP contribution in [0.5, 0.6) is 0 Å². The lowest BCUT2D eigenvalue weighted by Crippen LogP contribution is -2.30. The highest BCUT2D eigenvalue weighted by molar-refractivity contribution is 7.80. The van der Waals surface area contributed by atoms with E-state index in [2.05, 4.69) is 10.4 Å². The van der Waals surface area contributed by atoms with Crippen LogP contribution in [0.4, 0.5) is 0 Å². The molecule has 1 aliphatic heterocycles. The maximum Gasteiger partial charge on any atom is 0.276 e. The van der Waals surface area contributed by atoms with Gasteiger partial charge >= 0.3 is 0 Å². The predicted octanol–water partition coefficient (Wildman–Crippen LogP) is 0.981. The van der Waals surface area contributed by atoms with Gasteiger partial charge in [0.15, 0.2) is 5.11 Å². The van der Waals surface area contributed by atoms with E-state index in [0.717, 1.165) is 12.1 Å². The summed E-state index contributed by atoms with van der Waals surface area (Å²) >= 11 is 5.07. The fourth-order valence-corrected chi connectivity index (χ4v) is 1.97. The maximum atomic E-state index is 11.9. The smallest absolute Gasteiger partial charge is 0.276 e. The molecular formula is C11H14N4OS. The Morgan fingerprint density at radius 2 is 2.24 bits per heavy atom. The normalized spacial score (nSPS) is 18.0. The van der Waals surface area contributed by atoms with Gasteiger partial charge in [-0.05, 0) is 32.1 Å². The number of aromatic nitrogens is 2. The summed E-state index contributed by atoms with van der Waals surface area (Å²) in [5.41, 5.74) is 1.40. The van der Waals surface area contributed by atoms with Crippen LogP contribution in [0.3, 0.4) is 0 Å². The van der Waals surface area contributed by atoms with Gasteiger partial charge < -0.3 is 5.32 Å². The van der Waals surface area contributed by atoms with Gasteiger partial charge in [0, 0.05) is 24.8 Å². The van der Waals surface area contributed by atoms with Crippen molar-refractivity contribution in [3.8, 4) is 0 Å². The second-order valence-corrected chi connectivity index (χ2v) is 4.05. The zero-order chi connectivity index (χ0) is 12.4. The minimum atomic E-state index is -0.0817. The van der Waals surface area contributed by atoms with E-state index in [9.17, 15) is 4.79 Å². The van der Waals surface area contributed by atoms with E-state index in [4.69, 9.17) is 12.2 Å². The summed E-state index contributed by atoms with van der Waals surface area (Å²) in [5, 5.41) is 7.52. The van der Waals surface area contributed by atoms with Crippen molar-refractivity contribution in [2.24, 2.45) is 0 Å². The van der Waals surface area contributed by atoms with Crippen LogP contribution in [0.1, 0.15) is 19.4 Å². The number of carbonyl (C=O) groups excluding carboxylic acids is 1. The third-order valence-corrected chi connectivity index (χ3v) is 2.89. The number of thiocarbonyl (C=S) groups is 1. The standard InChI is InChI=1S/C11H14N4OS/c1-3-14-7-8(6-12-14)5-9-10(16)15(4-2)11(17)13-9/h5-7H,3-4H2,1-2H3,(H,13,17). The van der Waals surface area contributed by atoms with Gasteiger partial charge in [0.2, 0.25) is 0 Å². The third kappa shape index (κ3) is 2.21. The number of rotatable bonds is 3. The maximum absolute atomic E-state index is 11.9. The number of likely N-dealkylation sites (N-methyl/N-ethyl adjacent to an activating group) is 1. The first-order chi connectivity index (χ1) is 8.15. The highest BCUT2D eigenvalue weighted by Gasteiger charge is 2.28.